The third-order valence-corrected chi connectivity index (χ3v) is 2.07. The highest BCUT2D eigenvalue weighted by atomic mass is 32.2. The number of rotatable bonds is 5. The molecule has 0 rings (SSSR count). The average molecular weight is 163 g/mol. The number of sulfonamides is 1. The third kappa shape index (κ3) is 4.29. The van der Waals surface area contributed by atoms with E-state index in [4.69, 9.17) is 0 Å². The fourth-order valence-electron chi connectivity index (χ4n) is 0.400. The molecule has 0 bridgehead atoms. The van der Waals surface area contributed by atoms with Crippen molar-refractivity contribution >= 4 is 10.0 Å². The Morgan fingerprint density at radius 2 is 2.10 bits per heavy atom. The molecule has 58 valence electrons. The topological polar surface area (TPSA) is 46.2 Å². The molecular weight excluding hydrogens is 152 g/mol. The molecule has 0 fully saturated rings. The van der Waals surface area contributed by atoms with Crippen LogP contribution in [0, 0.1) is 0 Å². The first-order chi connectivity index (χ1) is 4.62. The smallest absolute Gasteiger partial charge is 0.212 e. The van der Waals surface area contributed by atoms with E-state index in [2.05, 4.69) is 17.9 Å². The minimum absolute atomic E-state index is 0.0408. The van der Waals surface area contributed by atoms with Crippen molar-refractivity contribution in [2.24, 2.45) is 0 Å². The van der Waals surface area contributed by atoms with Gasteiger partial charge in [-0.1, -0.05) is 12.2 Å². The Labute approximate surface area is 61.5 Å². The Morgan fingerprint density at radius 3 is 2.50 bits per heavy atom. The minimum atomic E-state index is -3.13. The standard InChI is InChI=1S/C6H11NO2S/c1-3-5-7-10(8,9)6-4-2/h3-4,7H,1-2,5-6H2/i6+2. The Morgan fingerprint density at radius 1 is 1.50 bits per heavy atom. The lowest BCUT2D eigenvalue weighted by molar-refractivity contribution is 0.589. The molecular formula is C6H11NO2S. The summed E-state index contributed by atoms with van der Waals surface area (Å²) >= 11 is 0. The van der Waals surface area contributed by atoms with E-state index in [1.807, 2.05) is 0 Å². The SMILES string of the molecule is C=CCNS(=O)(=O)[14CH2]C=C. The molecule has 0 spiro atoms. The predicted molar refractivity (Wildman–Crippen MR) is 42.2 cm³/mol. The lowest BCUT2D eigenvalue weighted by Gasteiger charge is -1.98. The molecule has 4 heteroatoms. The quantitative estimate of drug-likeness (QED) is 0.592. The number of nitrogens with one attached hydrogen (secondary N) is 1. The van der Waals surface area contributed by atoms with Crippen LogP contribution < -0.4 is 4.72 Å². The summed E-state index contributed by atoms with van der Waals surface area (Å²) in [6.45, 7) is 6.95. The van der Waals surface area contributed by atoms with Crippen LogP contribution >= 0.6 is 0 Å². The predicted octanol–water partition coefficient (Wildman–Crippen LogP) is 0.278. The zero-order valence-corrected chi connectivity index (χ0v) is 6.52. The maximum atomic E-state index is 10.8. The van der Waals surface area contributed by atoms with Crippen LogP contribution in [0.5, 0.6) is 0 Å². The summed E-state index contributed by atoms with van der Waals surface area (Å²) in [6.07, 6.45) is 2.83. The van der Waals surface area contributed by atoms with Crippen LogP contribution in [-0.2, 0) is 10.0 Å². The van der Waals surface area contributed by atoms with Crippen LogP contribution in [0.25, 0.3) is 0 Å². The molecule has 0 unspecified atom stereocenters. The van der Waals surface area contributed by atoms with E-state index in [0.29, 0.717) is 0 Å². The summed E-state index contributed by atoms with van der Waals surface area (Å²) in [5, 5.41) is 0. The van der Waals surface area contributed by atoms with Crippen molar-refractivity contribution < 1.29 is 8.42 Å². The van der Waals surface area contributed by atoms with Gasteiger partial charge >= 0.3 is 0 Å². The van der Waals surface area contributed by atoms with E-state index in [9.17, 15) is 8.42 Å². The van der Waals surface area contributed by atoms with Crippen molar-refractivity contribution in [3.05, 3.63) is 25.3 Å². The van der Waals surface area contributed by atoms with E-state index in [1.54, 1.807) is 0 Å². The van der Waals surface area contributed by atoms with Gasteiger partial charge in [-0.05, 0) is 0 Å². The molecule has 0 aromatic rings. The lowest BCUT2D eigenvalue weighted by atomic mass is 10.7. The summed E-state index contributed by atoms with van der Waals surface area (Å²) in [4.78, 5) is 0. The minimum Gasteiger partial charge on any atom is -0.212 e. The van der Waals surface area contributed by atoms with Crippen LogP contribution in [0.3, 0.4) is 0 Å². The number of hydrogen-bond acceptors (Lipinski definition) is 2. The largest absolute Gasteiger partial charge is 0.215 e. The highest BCUT2D eigenvalue weighted by Gasteiger charge is 2.03. The molecule has 0 heterocycles. The van der Waals surface area contributed by atoms with Gasteiger partial charge in [0.05, 0.1) is 5.75 Å². The fraction of sp³-hybridized carbons (Fsp3) is 0.333. The molecule has 0 saturated carbocycles. The molecule has 0 aliphatic heterocycles. The van der Waals surface area contributed by atoms with Crippen LogP contribution in [-0.4, -0.2) is 20.7 Å². The molecule has 0 aromatic carbocycles. The maximum absolute atomic E-state index is 10.8. The molecule has 0 aliphatic carbocycles. The van der Waals surface area contributed by atoms with E-state index < -0.39 is 10.0 Å². The normalized spacial score (nSPS) is 10.8. The highest BCUT2D eigenvalue weighted by molar-refractivity contribution is 7.89. The Bertz CT molecular complexity index is 206. The second kappa shape index (κ2) is 4.24. The summed E-state index contributed by atoms with van der Waals surface area (Å²) in [6, 6.07) is 0. The summed E-state index contributed by atoms with van der Waals surface area (Å²) in [7, 11) is -3.13. The Hall–Kier alpha value is -0.610. The van der Waals surface area contributed by atoms with Crippen LogP contribution in [0.4, 0.5) is 0 Å². The molecule has 0 atom stereocenters. The average Bonchev–Trinajstić information content (AvgIpc) is 1.84. The second-order valence-corrected chi connectivity index (χ2v) is 3.56. The molecule has 0 radical (unpaired) electrons. The fourth-order valence-corrected chi connectivity index (χ4v) is 1.20. The third-order valence-electron chi connectivity index (χ3n) is 0.785. The van der Waals surface area contributed by atoms with Gasteiger partial charge in [-0.25, -0.2) is 13.1 Å². The van der Waals surface area contributed by atoms with E-state index in [0.717, 1.165) is 0 Å². The lowest BCUT2D eigenvalue weighted by Crippen LogP contribution is -2.25. The van der Waals surface area contributed by atoms with Gasteiger partial charge in [0, 0.05) is 6.54 Å². The summed E-state index contributed by atoms with van der Waals surface area (Å²) in [5.74, 6) is -0.0408. The van der Waals surface area contributed by atoms with Gasteiger partial charge in [0.2, 0.25) is 10.0 Å². The Kier molecular flexibility index (Phi) is 3.99. The van der Waals surface area contributed by atoms with Gasteiger partial charge in [0.15, 0.2) is 0 Å². The van der Waals surface area contributed by atoms with E-state index in [-0.39, 0.29) is 12.3 Å². The van der Waals surface area contributed by atoms with Gasteiger partial charge in [0.25, 0.3) is 0 Å². The van der Waals surface area contributed by atoms with Crippen LogP contribution in [0.1, 0.15) is 0 Å². The zero-order valence-electron chi connectivity index (χ0n) is 5.71. The van der Waals surface area contributed by atoms with Crippen molar-refractivity contribution in [2.45, 2.75) is 0 Å². The van der Waals surface area contributed by atoms with Crippen molar-refractivity contribution in [3.63, 3.8) is 0 Å². The van der Waals surface area contributed by atoms with E-state index >= 15 is 0 Å². The van der Waals surface area contributed by atoms with Gasteiger partial charge in [-0.3, -0.25) is 0 Å². The first-order valence-electron chi connectivity index (χ1n) is 2.81. The van der Waals surface area contributed by atoms with Gasteiger partial charge in [-0.15, -0.1) is 13.2 Å². The molecule has 10 heavy (non-hydrogen) atoms. The number of hydrogen-bond donors (Lipinski definition) is 1. The molecule has 3 nitrogen and oxygen atoms in total. The Balaban J connectivity index is 3.87. The van der Waals surface area contributed by atoms with Gasteiger partial charge in [0.1, 0.15) is 0 Å². The summed E-state index contributed by atoms with van der Waals surface area (Å²) < 4.78 is 23.8. The molecule has 0 aliphatic rings. The van der Waals surface area contributed by atoms with Crippen molar-refractivity contribution in [1.82, 2.24) is 4.72 Å². The monoisotopic (exact) mass is 163 g/mol. The highest BCUT2D eigenvalue weighted by Crippen LogP contribution is 1.82. The van der Waals surface area contributed by atoms with Crippen LogP contribution in [0.2, 0.25) is 0 Å². The molecule has 0 saturated heterocycles. The van der Waals surface area contributed by atoms with Gasteiger partial charge < -0.3 is 0 Å². The molecule has 0 amide bonds. The van der Waals surface area contributed by atoms with Crippen LogP contribution in [0.15, 0.2) is 25.3 Å². The second-order valence-electron chi connectivity index (χ2n) is 1.71. The zero-order chi connectivity index (χ0) is 8.04. The molecule has 0 aromatic heterocycles. The van der Waals surface area contributed by atoms with E-state index in [1.165, 1.54) is 12.2 Å². The van der Waals surface area contributed by atoms with Crippen molar-refractivity contribution in [2.75, 3.05) is 12.3 Å². The summed E-state index contributed by atoms with van der Waals surface area (Å²) in [5.41, 5.74) is 0. The maximum Gasteiger partial charge on any atom is 0.215 e. The first kappa shape index (κ1) is 9.39. The first-order valence-corrected chi connectivity index (χ1v) is 4.46. The van der Waals surface area contributed by atoms with Crippen molar-refractivity contribution in [1.29, 1.82) is 0 Å². The van der Waals surface area contributed by atoms with Crippen molar-refractivity contribution in [3.8, 4) is 0 Å². The van der Waals surface area contributed by atoms with Gasteiger partial charge in [-0.2, -0.15) is 0 Å². The molecule has 1 N–H and O–H groups in total.